The lowest BCUT2D eigenvalue weighted by Crippen LogP contribution is -2.40. The van der Waals surface area contributed by atoms with Gasteiger partial charge in [-0.05, 0) is 50.6 Å². The first kappa shape index (κ1) is 19.9. The highest BCUT2D eigenvalue weighted by Gasteiger charge is 2.31. The van der Waals surface area contributed by atoms with E-state index in [0.29, 0.717) is 24.4 Å². The molecule has 3 heterocycles. The molecule has 0 bridgehead atoms. The van der Waals surface area contributed by atoms with Crippen LogP contribution in [0.4, 0.5) is 5.82 Å². The van der Waals surface area contributed by atoms with Crippen molar-refractivity contribution in [2.75, 3.05) is 11.9 Å². The van der Waals surface area contributed by atoms with Crippen LogP contribution in [0.25, 0.3) is 21.3 Å². The van der Waals surface area contributed by atoms with E-state index in [4.69, 9.17) is 0 Å². The van der Waals surface area contributed by atoms with E-state index in [0.717, 1.165) is 39.2 Å². The van der Waals surface area contributed by atoms with Crippen LogP contribution in [0.15, 0.2) is 30.5 Å². The van der Waals surface area contributed by atoms with Gasteiger partial charge in [0.2, 0.25) is 5.91 Å². The molecule has 1 aliphatic rings. The molecule has 1 aromatic carbocycles. The number of fused-ring (bicyclic) bond motifs is 1. The molecule has 6 nitrogen and oxygen atoms in total. The highest BCUT2D eigenvalue weighted by atomic mass is 32.1. The van der Waals surface area contributed by atoms with Gasteiger partial charge in [0.15, 0.2) is 0 Å². The van der Waals surface area contributed by atoms with E-state index >= 15 is 0 Å². The van der Waals surface area contributed by atoms with E-state index in [2.05, 4.69) is 45.3 Å². The number of pyridine rings is 1. The van der Waals surface area contributed by atoms with Crippen molar-refractivity contribution in [2.24, 2.45) is 0 Å². The molecule has 2 aromatic heterocycles. The van der Waals surface area contributed by atoms with Crippen LogP contribution in [0.2, 0.25) is 0 Å². The molecule has 1 N–H and O–H groups in total. The molecule has 0 saturated carbocycles. The molecule has 4 rings (SSSR count). The van der Waals surface area contributed by atoms with Crippen LogP contribution in [0.3, 0.4) is 0 Å². The predicted octanol–water partition coefficient (Wildman–Crippen LogP) is 4.65. The maximum Gasteiger partial charge on any atom is 0.239 e. The molecule has 3 aromatic rings. The predicted molar refractivity (Wildman–Crippen MR) is 118 cm³/mol. The fourth-order valence-electron chi connectivity index (χ4n) is 4.16. The molecule has 1 fully saturated rings. The molecule has 2 atom stereocenters. The first-order valence-corrected chi connectivity index (χ1v) is 11.1. The molecule has 1 amide bonds. The van der Waals surface area contributed by atoms with E-state index in [1.54, 1.807) is 17.5 Å². The van der Waals surface area contributed by atoms with Gasteiger partial charge in [-0.15, -0.1) is 10.2 Å². The van der Waals surface area contributed by atoms with Gasteiger partial charge in [-0.1, -0.05) is 36.8 Å². The lowest BCUT2D eigenvalue weighted by molar-refractivity contribution is -0.118. The van der Waals surface area contributed by atoms with Crippen molar-refractivity contribution >= 4 is 33.8 Å². The Hall–Kier alpha value is -2.38. The van der Waals surface area contributed by atoms with Gasteiger partial charge in [0.05, 0.1) is 6.54 Å². The van der Waals surface area contributed by atoms with Crippen molar-refractivity contribution < 1.29 is 4.79 Å². The van der Waals surface area contributed by atoms with Crippen LogP contribution >= 0.6 is 11.3 Å². The summed E-state index contributed by atoms with van der Waals surface area (Å²) in [5, 5.41) is 15.2. The van der Waals surface area contributed by atoms with E-state index in [9.17, 15) is 4.79 Å². The van der Waals surface area contributed by atoms with Crippen LogP contribution in [0, 0.1) is 6.92 Å². The number of anilines is 1. The quantitative estimate of drug-likeness (QED) is 0.641. The summed E-state index contributed by atoms with van der Waals surface area (Å²) in [6.07, 6.45) is 6.46. The van der Waals surface area contributed by atoms with Crippen LogP contribution in [-0.4, -0.2) is 44.6 Å². The summed E-state index contributed by atoms with van der Waals surface area (Å²) in [7, 11) is 0. The second-order valence-corrected chi connectivity index (χ2v) is 9.03. The Labute approximate surface area is 175 Å². The van der Waals surface area contributed by atoms with Crippen molar-refractivity contribution in [3.8, 4) is 10.6 Å². The summed E-state index contributed by atoms with van der Waals surface area (Å²) in [5.74, 6) is 0.592. The van der Waals surface area contributed by atoms with Crippen LogP contribution < -0.4 is 5.32 Å². The lowest BCUT2D eigenvalue weighted by atomic mass is 10.1. The molecule has 7 heteroatoms. The van der Waals surface area contributed by atoms with Gasteiger partial charge < -0.3 is 5.32 Å². The first-order valence-electron chi connectivity index (χ1n) is 10.3. The second-order valence-electron chi connectivity index (χ2n) is 7.85. The number of hydrogen-bond acceptors (Lipinski definition) is 6. The van der Waals surface area contributed by atoms with Gasteiger partial charge in [-0.3, -0.25) is 9.69 Å². The minimum atomic E-state index is 0.00241. The number of likely N-dealkylation sites (tertiary alicyclic amines) is 1. The van der Waals surface area contributed by atoms with E-state index in [1.165, 1.54) is 12.8 Å². The Bertz CT molecular complexity index is 1020. The maximum absolute atomic E-state index is 12.7. The lowest BCUT2D eigenvalue weighted by Gasteiger charge is -2.27. The maximum atomic E-state index is 12.7. The average molecular weight is 410 g/mol. The summed E-state index contributed by atoms with van der Waals surface area (Å²) in [6.45, 7) is 6.80. The highest BCUT2D eigenvalue weighted by Crippen LogP contribution is 2.28. The normalized spacial score (nSPS) is 19.7. The molecular formula is C22H27N5OS. The standard InChI is InChI=1S/C22H27N5OS/c1-4-5-19-9-6-14(2)27(19)13-21(28)24-20-11-18-10-16(7-8-17(18)12-23-20)22-26-25-15(3)29-22/h7-8,10-12,14,19H,4-6,9,13H2,1-3H3,(H,23,24,28). The third-order valence-corrected chi connectivity index (χ3v) is 6.55. The molecule has 1 aliphatic heterocycles. The topological polar surface area (TPSA) is 71.0 Å². The molecule has 1 saturated heterocycles. The molecule has 2 unspecified atom stereocenters. The fraction of sp³-hybridized carbons (Fsp3) is 0.455. The molecule has 0 radical (unpaired) electrons. The molecule has 152 valence electrons. The van der Waals surface area contributed by atoms with E-state index in [1.807, 2.05) is 25.1 Å². The van der Waals surface area contributed by atoms with Crippen molar-refractivity contribution in [1.82, 2.24) is 20.1 Å². The van der Waals surface area contributed by atoms with E-state index < -0.39 is 0 Å². The minimum Gasteiger partial charge on any atom is -0.310 e. The third-order valence-electron chi connectivity index (χ3n) is 5.66. The zero-order valence-electron chi connectivity index (χ0n) is 17.2. The van der Waals surface area contributed by atoms with Crippen molar-refractivity contribution in [3.63, 3.8) is 0 Å². The van der Waals surface area contributed by atoms with Crippen molar-refractivity contribution in [1.29, 1.82) is 0 Å². The van der Waals surface area contributed by atoms with Gasteiger partial charge in [0, 0.05) is 29.2 Å². The summed E-state index contributed by atoms with van der Waals surface area (Å²) < 4.78 is 0. The number of aromatic nitrogens is 3. The van der Waals surface area contributed by atoms with Gasteiger partial charge in [0.1, 0.15) is 15.8 Å². The summed E-state index contributed by atoms with van der Waals surface area (Å²) in [4.78, 5) is 19.5. The van der Waals surface area contributed by atoms with Crippen molar-refractivity contribution in [2.45, 2.75) is 58.5 Å². The zero-order chi connectivity index (χ0) is 20.4. The monoisotopic (exact) mass is 409 g/mol. The minimum absolute atomic E-state index is 0.00241. The number of nitrogens with one attached hydrogen (secondary N) is 1. The molecule has 0 spiro atoms. The number of amides is 1. The van der Waals surface area contributed by atoms with Crippen LogP contribution in [-0.2, 0) is 4.79 Å². The number of nitrogens with zero attached hydrogens (tertiary/aromatic N) is 4. The second kappa shape index (κ2) is 8.55. The number of hydrogen-bond donors (Lipinski definition) is 1. The Morgan fingerprint density at radius 2 is 2.10 bits per heavy atom. The number of carbonyl (C=O) groups is 1. The Kier molecular flexibility index (Phi) is 5.87. The van der Waals surface area contributed by atoms with E-state index in [-0.39, 0.29) is 5.91 Å². The SMILES string of the molecule is CCCC1CCC(C)N1CC(=O)Nc1cc2cc(-c3nnc(C)s3)ccc2cn1. The number of rotatable bonds is 6. The van der Waals surface area contributed by atoms with Crippen molar-refractivity contribution in [3.05, 3.63) is 35.5 Å². The Morgan fingerprint density at radius 3 is 2.86 bits per heavy atom. The summed E-state index contributed by atoms with van der Waals surface area (Å²) in [5.41, 5.74) is 1.03. The number of aryl methyl sites for hydroxylation is 1. The average Bonchev–Trinajstić information content (AvgIpc) is 3.28. The number of benzene rings is 1. The summed E-state index contributed by atoms with van der Waals surface area (Å²) >= 11 is 1.57. The largest absolute Gasteiger partial charge is 0.310 e. The van der Waals surface area contributed by atoms with Crippen LogP contribution in [0.5, 0.6) is 0 Å². The molecule has 0 aliphatic carbocycles. The highest BCUT2D eigenvalue weighted by molar-refractivity contribution is 7.14. The summed E-state index contributed by atoms with van der Waals surface area (Å²) in [6, 6.07) is 9.04. The fourth-order valence-corrected chi connectivity index (χ4v) is 4.85. The van der Waals surface area contributed by atoms with Gasteiger partial charge in [-0.25, -0.2) is 4.98 Å². The molecule has 29 heavy (non-hydrogen) atoms. The Morgan fingerprint density at radius 1 is 1.24 bits per heavy atom. The zero-order valence-corrected chi connectivity index (χ0v) is 18.0. The van der Waals surface area contributed by atoms with Gasteiger partial charge >= 0.3 is 0 Å². The molecular weight excluding hydrogens is 382 g/mol. The third kappa shape index (κ3) is 4.46. The Balaban J connectivity index is 1.49. The van der Waals surface area contributed by atoms with Crippen LogP contribution in [0.1, 0.15) is 44.5 Å². The smallest absolute Gasteiger partial charge is 0.239 e. The van der Waals surface area contributed by atoms with Gasteiger partial charge in [0.25, 0.3) is 0 Å². The van der Waals surface area contributed by atoms with Gasteiger partial charge in [-0.2, -0.15) is 0 Å². The number of carbonyl (C=O) groups excluding carboxylic acids is 1. The first-order chi connectivity index (χ1) is 14.0.